The highest BCUT2D eigenvalue weighted by molar-refractivity contribution is 5.74. The Morgan fingerprint density at radius 3 is 2.54 bits per heavy atom. The standard InChI is InChI=1S/C8H8O5/c9-5-2-1-4(3-6(5)10)7(11)8(12)13/h1-3,7,9-11H,(H,12,13)/i1D,2D,3D. The Hall–Kier alpha value is -1.75. The molecule has 1 atom stereocenters. The van der Waals surface area contributed by atoms with Crippen LogP contribution in [0.4, 0.5) is 0 Å². The molecule has 0 amide bonds. The Bertz CT molecular complexity index is 430. The quantitative estimate of drug-likeness (QED) is 0.496. The Morgan fingerprint density at radius 1 is 1.38 bits per heavy atom. The number of carbonyl (C=O) groups is 1. The molecule has 0 aliphatic heterocycles. The molecule has 5 heteroatoms. The van der Waals surface area contributed by atoms with E-state index in [4.69, 9.17) is 14.3 Å². The number of aliphatic hydroxyl groups is 1. The average Bonchev–Trinajstić information content (AvgIpc) is 2.23. The third kappa shape index (κ3) is 1.88. The number of phenolic OH excluding ortho intramolecular Hbond substituents is 2. The molecule has 0 aromatic heterocycles. The lowest BCUT2D eigenvalue weighted by Gasteiger charge is -2.06. The molecule has 5 nitrogen and oxygen atoms in total. The number of benzene rings is 1. The largest absolute Gasteiger partial charge is 0.504 e. The van der Waals surface area contributed by atoms with Gasteiger partial charge in [0.05, 0.1) is 4.11 Å². The van der Waals surface area contributed by atoms with Crippen molar-refractivity contribution in [3.8, 4) is 11.5 Å². The van der Waals surface area contributed by atoms with Crippen molar-refractivity contribution in [3.63, 3.8) is 0 Å². The van der Waals surface area contributed by atoms with Gasteiger partial charge in [0.2, 0.25) is 0 Å². The van der Waals surface area contributed by atoms with Crippen LogP contribution in [0.3, 0.4) is 0 Å². The van der Waals surface area contributed by atoms with E-state index in [1.807, 2.05) is 0 Å². The van der Waals surface area contributed by atoms with Gasteiger partial charge in [-0.15, -0.1) is 0 Å². The minimum atomic E-state index is -2.20. The van der Waals surface area contributed by atoms with Crippen molar-refractivity contribution in [3.05, 3.63) is 23.7 Å². The molecule has 0 fully saturated rings. The summed E-state index contributed by atoms with van der Waals surface area (Å²) in [6.45, 7) is 0. The second-order valence-corrected chi connectivity index (χ2v) is 2.23. The van der Waals surface area contributed by atoms with Crippen LogP contribution in [0, 0.1) is 0 Å². The van der Waals surface area contributed by atoms with Crippen LogP contribution in [-0.2, 0) is 4.79 Å². The fourth-order valence-electron chi connectivity index (χ4n) is 0.664. The fourth-order valence-corrected chi connectivity index (χ4v) is 0.664. The molecule has 0 saturated heterocycles. The molecule has 1 aromatic carbocycles. The van der Waals surface area contributed by atoms with Crippen molar-refractivity contribution in [2.75, 3.05) is 0 Å². The number of hydrogen-bond donors (Lipinski definition) is 4. The molecule has 1 rings (SSSR count). The van der Waals surface area contributed by atoms with Crippen LogP contribution in [0.15, 0.2) is 18.1 Å². The predicted molar refractivity (Wildman–Crippen MR) is 42.4 cm³/mol. The molecule has 0 aliphatic carbocycles. The van der Waals surface area contributed by atoms with Gasteiger partial charge in [0, 0.05) is 0 Å². The first-order valence-electron chi connectivity index (χ1n) is 4.71. The number of phenols is 2. The first kappa shape index (κ1) is 5.82. The Morgan fingerprint density at radius 2 is 2.00 bits per heavy atom. The maximum atomic E-state index is 10.5. The lowest BCUT2D eigenvalue weighted by atomic mass is 10.1. The first-order chi connectivity index (χ1) is 7.29. The second kappa shape index (κ2) is 3.32. The molecule has 1 aromatic rings. The summed E-state index contributed by atoms with van der Waals surface area (Å²) < 4.78 is 21.7. The summed E-state index contributed by atoms with van der Waals surface area (Å²) in [6.07, 6.45) is -2.20. The summed E-state index contributed by atoms with van der Waals surface area (Å²) in [6, 6.07) is -2.53. The predicted octanol–water partition coefficient (Wildman–Crippen LogP) is 0.216. The number of rotatable bonds is 2. The maximum absolute atomic E-state index is 10.5. The molecule has 0 spiro atoms. The van der Waals surface area contributed by atoms with Crippen LogP contribution in [0.2, 0.25) is 0 Å². The lowest BCUT2D eigenvalue weighted by Crippen LogP contribution is -2.09. The fraction of sp³-hybridized carbons (Fsp3) is 0.125. The highest BCUT2D eigenvalue weighted by Gasteiger charge is 2.16. The third-order valence-corrected chi connectivity index (χ3v) is 1.30. The number of carboxylic acid groups (broad SMARTS) is 1. The Balaban J connectivity index is 3.57. The number of carboxylic acids is 1. The molecule has 0 aliphatic rings. The molecule has 1 unspecified atom stereocenters. The smallest absolute Gasteiger partial charge is 0.337 e. The van der Waals surface area contributed by atoms with Crippen molar-refractivity contribution in [2.24, 2.45) is 0 Å². The van der Waals surface area contributed by atoms with Crippen molar-refractivity contribution >= 4 is 5.97 Å². The highest BCUT2D eigenvalue weighted by Crippen LogP contribution is 2.27. The molecular formula is C8H8O5. The Kier molecular flexibility index (Phi) is 1.49. The minimum absolute atomic E-state index is 0.729. The number of aromatic hydroxyl groups is 2. The second-order valence-electron chi connectivity index (χ2n) is 2.23. The van der Waals surface area contributed by atoms with Gasteiger partial charge in [0.25, 0.3) is 0 Å². The van der Waals surface area contributed by atoms with Gasteiger partial charge in [-0.25, -0.2) is 4.79 Å². The maximum Gasteiger partial charge on any atom is 0.337 e. The van der Waals surface area contributed by atoms with Crippen LogP contribution < -0.4 is 0 Å². The SMILES string of the molecule is [2H]c1c([2H])c(C(O)C(=O)O)c([2H])c(O)c1O. The summed E-state index contributed by atoms with van der Waals surface area (Å²) in [5, 5.41) is 36.0. The molecule has 0 radical (unpaired) electrons. The summed E-state index contributed by atoms with van der Waals surface area (Å²) in [5.41, 5.74) is -0.729. The highest BCUT2D eigenvalue weighted by atomic mass is 16.4. The summed E-state index contributed by atoms with van der Waals surface area (Å²) in [7, 11) is 0. The zero-order valence-electron chi connectivity index (χ0n) is 9.27. The summed E-state index contributed by atoms with van der Waals surface area (Å²) in [5.74, 6) is -3.74. The van der Waals surface area contributed by atoms with Gasteiger partial charge >= 0.3 is 5.97 Å². The van der Waals surface area contributed by atoms with E-state index < -0.39 is 47.3 Å². The number of hydrogen-bond acceptors (Lipinski definition) is 4. The van der Waals surface area contributed by atoms with E-state index in [2.05, 4.69) is 0 Å². The van der Waals surface area contributed by atoms with Gasteiger partial charge < -0.3 is 20.4 Å². The van der Waals surface area contributed by atoms with Crippen LogP contribution in [0.5, 0.6) is 11.5 Å². The van der Waals surface area contributed by atoms with Gasteiger partial charge in [-0.2, -0.15) is 0 Å². The van der Waals surface area contributed by atoms with Crippen molar-refractivity contribution in [1.29, 1.82) is 0 Å². The summed E-state index contributed by atoms with van der Waals surface area (Å²) in [4.78, 5) is 10.5. The van der Waals surface area contributed by atoms with E-state index in [9.17, 15) is 15.0 Å². The molecule has 13 heavy (non-hydrogen) atoms. The molecule has 0 bridgehead atoms. The Labute approximate surface area is 77.7 Å². The monoisotopic (exact) mass is 187 g/mol. The molecule has 4 N–H and O–H groups in total. The van der Waals surface area contributed by atoms with Gasteiger partial charge in [-0.3, -0.25) is 0 Å². The number of aliphatic hydroxyl groups excluding tert-OH is 1. The molecular weight excluding hydrogens is 176 g/mol. The van der Waals surface area contributed by atoms with Crippen molar-refractivity contribution in [1.82, 2.24) is 0 Å². The van der Waals surface area contributed by atoms with E-state index in [0.717, 1.165) is 0 Å². The first-order valence-corrected chi connectivity index (χ1v) is 3.21. The third-order valence-electron chi connectivity index (χ3n) is 1.30. The molecule has 0 heterocycles. The van der Waals surface area contributed by atoms with Gasteiger partial charge in [-0.1, -0.05) is 6.04 Å². The average molecular weight is 187 g/mol. The summed E-state index contributed by atoms with van der Waals surface area (Å²) >= 11 is 0. The number of aliphatic carboxylic acids is 1. The molecule has 70 valence electrons. The minimum Gasteiger partial charge on any atom is -0.504 e. The van der Waals surface area contributed by atoms with E-state index in [1.165, 1.54) is 0 Å². The normalized spacial score (nSPS) is 15.6. The van der Waals surface area contributed by atoms with Crippen LogP contribution in [0.25, 0.3) is 0 Å². The van der Waals surface area contributed by atoms with Gasteiger partial charge in [0.1, 0.15) is 0 Å². The zero-order valence-corrected chi connectivity index (χ0v) is 6.27. The van der Waals surface area contributed by atoms with E-state index in [-0.39, 0.29) is 0 Å². The van der Waals surface area contributed by atoms with Crippen LogP contribution in [-0.4, -0.2) is 26.4 Å². The van der Waals surface area contributed by atoms with E-state index in [0.29, 0.717) is 0 Å². The van der Waals surface area contributed by atoms with E-state index in [1.54, 1.807) is 0 Å². The lowest BCUT2D eigenvalue weighted by molar-refractivity contribution is -0.146. The van der Waals surface area contributed by atoms with Crippen molar-refractivity contribution < 1.29 is 29.3 Å². The van der Waals surface area contributed by atoms with E-state index >= 15 is 0 Å². The molecule has 0 saturated carbocycles. The van der Waals surface area contributed by atoms with Crippen molar-refractivity contribution in [2.45, 2.75) is 6.10 Å². The van der Waals surface area contributed by atoms with Crippen LogP contribution >= 0.6 is 0 Å². The van der Waals surface area contributed by atoms with Crippen LogP contribution in [0.1, 0.15) is 15.8 Å². The zero-order chi connectivity index (χ0) is 12.6. The van der Waals surface area contributed by atoms with Gasteiger partial charge in [0.15, 0.2) is 17.6 Å². The topological polar surface area (TPSA) is 98.0 Å². The van der Waals surface area contributed by atoms with Gasteiger partial charge in [-0.05, 0) is 17.6 Å².